The summed E-state index contributed by atoms with van der Waals surface area (Å²) in [6.07, 6.45) is 1.70. The lowest BCUT2D eigenvalue weighted by molar-refractivity contribution is -0.384. The van der Waals surface area contributed by atoms with Crippen LogP contribution in [0.15, 0.2) is 30.9 Å². The van der Waals surface area contributed by atoms with E-state index in [2.05, 4.69) is 11.9 Å². The van der Waals surface area contributed by atoms with Gasteiger partial charge in [-0.25, -0.2) is 0 Å². The zero-order valence-corrected chi connectivity index (χ0v) is 8.86. The van der Waals surface area contributed by atoms with Gasteiger partial charge in [0.2, 0.25) is 0 Å². The van der Waals surface area contributed by atoms with E-state index in [0.717, 1.165) is 5.56 Å². The number of rotatable bonds is 4. The van der Waals surface area contributed by atoms with E-state index < -0.39 is 4.92 Å². The lowest BCUT2D eigenvalue weighted by Gasteiger charge is -2.11. The van der Waals surface area contributed by atoms with Gasteiger partial charge in [-0.15, -0.1) is 6.58 Å². The Morgan fingerprint density at radius 1 is 1.60 bits per heavy atom. The molecule has 0 radical (unpaired) electrons. The maximum absolute atomic E-state index is 10.7. The van der Waals surface area contributed by atoms with Gasteiger partial charge in [-0.2, -0.15) is 0 Å². The first-order chi connectivity index (χ1) is 7.04. The Hall–Kier alpha value is -1.84. The Morgan fingerprint density at radius 3 is 2.80 bits per heavy atom. The van der Waals surface area contributed by atoms with Crippen LogP contribution in [0.2, 0.25) is 0 Å². The molecule has 0 aromatic heterocycles. The lowest BCUT2D eigenvalue weighted by Crippen LogP contribution is -2.12. The molecule has 0 saturated heterocycles. The van der Waals surface area contributed by atoms with Crippen molar-refractivity contribution in [2.45, 2.75) is 19.9 Å². The summed E-state index contributed by atoms with van der Waals surface area (Å²) >= 11 is 0. The summed E-state index contributed by atoms with van der Waals surface area (Å²) in [6, 6.07) is 5.00. The van der Waals surface area contributed by atoms with Gasteiger partial charge in [0.1, 0.15) is 5.69 Å². The Labute approximate surface area is 88.8 Å². The molecule has 4 nitrogen and oxygen atoms in total. The molecule has 15 heavy (non-hydrogen) atoms. The van der Waals surface area contributed by atoms with Crippen LogP contribution in [0.25, 0.3) is 0 Å². The average molecular weight is 206 g/mol. The molecule has 1 unspecified atom stereocenters. The highest BCUT2D eigenvalue weighted by Gasteiger charge is 2.13. The van der Waals surface area contributed by atoms with Gasteiger partial charge >= 0.3 is 0 Å². The molecule has 1 N–H and O–H groups in total. The SMILES string of the molecule is C=CC(C)Nc1cc(C)ccc1[N+](=O)[O-]. The molecule has 80 valence electrons. The molecule has 0 saturated carbocycles. The lowest BCUT2D eigenvalue weighted by atomic mass is 10.2. The zero-order chi connectivity index (χ0) is 11.4. The number of nitro benzene ring substituents is 1. The summed E-state index contributed by atoms with van der Waals surface area (Å²) in [7, 11) is 0. The summed E-state index contributed by atoms with van der Waals surface area (Å²) in [4.78, 5) is 10.4. The van der Waals surface area contributed by atoms with Crippen molar-refractivity contribution in [1.82, 2.24) is 0 Å². The summed E-state index contributed by atoms with van der Waals surface area (Å²) in [5.74, 6) is 0. The summed E-state index contributed by atoms with van der Waals surface area (Å²) < 4.78 is 0. The van der Waals surface area contributed by atoms with Gasteiger partial charge in [-0.1, -0.05) is 12.1 Å². The molecule has 0 bridgehead atoms. The van der Waals surface area contributed by atoms with Crippen molar-refractivity contribution in [3.8, 4) is 0 Å². The van der Waals surface area contributed by atoms with Gasteiger partial charge in [-0.3, -0.25) is 10.1 Å². The number of benzene rings is 1. The summed E-state index contributed by atoms with van der Waals surface area (Å²) in [5, 5.41) is 13.8. The number of hydrogen-bond acceptors (Lipinski definition) is 3. The Bertz CT molecular complexity index is 388. The van der Waals surface area contributed by atoms with Gasteiger partial charge in [-0.05, 0) is 25.5 Å². The van der Waals surface area contributed by atoms with Crippen molar-refractivity contribution in [2.24, 2.45) is 0 Å². The second-order valence-electron chi connectivity index (χ2n) is 3.45. The molecule has 0 amide bonds. The van der Waals surface area contributed by atoms with Crippen LogP contribution < -0.4 is 5.32 Å². The predicted octanol–water partition coefficient (Wildman–Crippen LogP) is 2.89. The largest absolute Gasteiger partial charge is 0.374 e. The monoisotopic (exact) mass is 206 g/mol. The smallest absolute Gasteiger partial charge is 0.292 e. The normalized spacial score (nSPS) is 11.9. The third-order valence-electron chi connectivity index (χ3n) is 2.09. The van der Waals surface area contributed by atoms with Crippen molar-refractivity contribution in [3.63, 3.8) is 0 Å². The number of hydrogen-bond donors (Lipinski definition) is 1. The Balaban J connectivity index is 3.07. The molecule has 0 fully saturated rings. The maximum Gasteiger partial charge on any atom is 0.292 e. The first-order valence-electron chi connectivity index (χ1n) is 4.68. The van der Waals surface area contributed by atoms with Crippen LogP contribution in [0.4, 0.5) is 11.4 Å². The van der Waals surface area contributed by atoms with Crippen LogP contribution in [0.3, 0.4) is 0 Å². The van der Waals surface area contributed by atoms with Crippen molar-refractivity contribution in [3.05, 3.63) is 46.5 Å². The molecular formula is C11H14N2O2. The molecule has 0 aliphatic carbocycles. The van der Waals surface area contributed by atoms with Crippen LogP contribution in [0.1, 0.15) is 12.5 Å². The number of nitrogens with zero attached hydrogens (tertiary/aromatic N) is 1. The highest BCUT2D eigenvalue weighted by Crippen LogP contribution is 2.25. The van der Waals surface area contributed by atoms with E-state index in [1.807, 2.05) is 13.8 Å². The molecule has 1 atom stereocenters. The first kappa shape index (κ1) is 11.2. The Morgan fingerprint density at radius 2 is 2.27 bits per heavy atom. The molecule has 4 heteroatoms. The fraction of sp³-hybridized carbons (Fsp3) is 0.273. The van der Waals surface area contributed by atoms with Gasteiger partial charge in [0.25, 0.3) is 5.69 Å². The minimum Gasteiger partial charge on any atom is -0.374 e. The van der Waals surface area contributed by atoms with Gasteiger partial charge < -0.3 is 5.32 Å². The standard InChI is InChI=1S/C11H14N2O2/c1-4-9(3)12-10-7-8(2)5-6-11(10)13(14)15/h4-7,9,12H,1H2,2-3H3. The third-order valence-corrected chi connectivity index (χ3v) is 2.09. The van der Waals surface area contributed by atoms with E-state index in [9.17, 15) is 10.1 Å². The fourth-order valence-electron chi connectivity index (χ4n) is 1.23. The minimum atomic E-state index is -0.391. The van der Waals surface area contributed by atoms with Gasteiger partial charge in [0, 0.05) is 12.1 Å². The second-order valence-corrected chi connectivity index (χ2v) is 3.45. The van der Waals surface area contributed by atoms with Crippen LogP contribution in [0.5, 0.6) is 0 Å². The topological polar surface area (TPSA) is 55.2 Å². The highest BCUT2D eigenvalue weighted by molar-refractivity contribution is 5.63. The van der Waals surface area contributed by atoms with Crippen LogP contribution in [0, 0.1) is 17.0 Å². The molecule has 0 aliphatic rings. The first-order valence-corrected chi connectivity index (χ1v) is 4.68. The van der Waals surface area contributed by atoms with E-state index in [0.29, 0.717) is 5.69 Å². The van der Waals surface area contributed by atoms with Crippen molar-refractivity contribution in [1.29, 1.82) is 0 Å². The van der Waals surface area contributed by atoms with Gasteiger partial charge in [0.05, 0.1) is 4.92 Å². The molecule has 0 aliphatic heterocycles. The molecule has 0 heterocycles. The highest BCUT2D eigenvalue weighted by atomic mass is 16.6. The van der Waals surface area contributed by atoms with Crippen molar-refractivity contribution in [2.75, 3.05) is 5.32 Å². The zero-order valence-electron chi connectivity index (χ0n) is 8.86. The third kappa shape index (κ3) is 2.80. The number of aryl methyl sites for hydroxylation is 1. The second kappa shape index (κ2) is 4.59. The number of nitrogens with one attached hydrogen (secondary N) is 1. The molecule has 1 aromatic carbocycles. The van der Waals surface area contributed by atoms with Crippen LogP contribution >= 0.6 is 0 Å². The minimum absolute atomic E-state index is 0.00509. The van der Waals surface area contributed by atoms with E-state index in [1.54, 1.807) is 18.2 Å². The molecule has 1 rings (SSSR count). The molecular weight excluding hydrogens is 192 g/mol. The molecule has 0 spiro atoms. The van der Waals surface area contributed by atoms with E-state index in [1.165, 1.54) is 6.07 Å². The predicted molar refractivity (Wildman–Crippen MR) is 61.1 cm³/mol. The van der Waals surface area contributed by atoms with E-state index >= 15 is 0 Å². The van der Waals surface area contributed by atoms with Crippen molar-refractivity contribution >= 4 is 11.4 Å². The Kier molecular flexibility index (Phi) is 3.44. The van der Waals surface area contributed by atoms with Gasteiger partial charge in [0.15, 0.2) is 0 Å². The van der Waals surface area contributed by atoms with E-state index in [4.69, 9.17) is 0 Å². The van der Waals surface area contributed by atoms with Crippen LogP contribution in [-0.2, 0) is 0 Å². The summed E-state index contributed by atoms with van der Waals surface area (Å²) in [5.41, 5.74) is 1.61. The quantitative estimate of drug-likeness (QED) is 0.468. The summed E-state index contributed by atoms with van der Waals surface area (Å²) in [6.45, 7) is 7.41. The number of anilines is 1. The average Bonchev–Trinajstić information content (AvgIpc) is 2.17. The van der Waals surface area contributed by atoms with E-state index in [-0.39, 0.29) is 11.7 Å². The van der Waals surface area contributed by atoms with Crippen LogP contribution in [-0.4, -0.2) is 11.0 Å². The van der Waals surface area contributed by atoms with Crippen molar-refractivity contribution < 1.29 is 4.92 Å². The fourth-order valence-corrected chi connectivity index (χ4v) is 1.23. The maximum atomic E-state index is 10.7. The molecule has 1 aromatic rings. The number of nitro groups is 1.